The van der Waals surface area contributed by atoms with Crippen molar-refractivity contribution in [2.45, 2.75) is 32.5 Å². The van der Waals surface area contributed by atoms with Crippen LogP contribution in [-0.4, -0.2) is 42.3 Å². The summed E-state index contributed by atoms with van der Waals surface area (Å²) in [7, 11) is 0. The molecule has 3 N–H and O–H groups in total. The zero-order valence-corrected chi connectivity index (χ0v) is 14.1. The van der Waals surface area contributed by atoms with Crippen molar-refractivity contribution in [1.29, 1.82) is 0 Å². The van der Waals surface area contributed by atoms with Crippen LogP contribution < -0.4 is 16.0 Å². The Morgan fingerprint density at radius 1 is 1.24 bits per heavy atom. The summed E-state index contributed by atoms with van der Waals surface area (Å²) in [6, 6.07) is 7.34. The number of Topliss-reactive ketones (excluding diaryl/α,β-unsaturated/α-hetero) is 1. The van der Waals surface area contributed by atoms with Gasteiger partial charge < -0.3 is 20.7 Å². The molecule has 1 aromatic rings. The fourth-order valence-corrected chi connectivity index (χ4v) is 2.34. The maximum atomic E-state index is 12.3. The minimum absolute atomic E-state index is 0.0483. The normalized spacial score (nSPS) is 17.8. The van der Waals surface area contributed by atoms with Crippen molar-refractivity contribution in [1.82, 2.24) is 16.0 Å². The van der Waals surface area contributed by atoms with Gasteiger partial charge in [-0.25, -0.2) is 4.79 Å². The molecule has 1 aliphatic rings. The summed E-state index contributed by atoms with van der Waals surface area (Å²) >= 11 is 0. The van der Waals surface area contributed by atoms with Crippen LogP contribution in [0.5, 0.6) is 0 Å². The van der Waals surface area contributed by atoms with Gasteiger partial charge in [0.25, 0.3) is 5.91 Å². The quantitative estimate of drug-likeness (QED) is 0.633. The van der Waals surface area contributed by atoms with E-state index in [2.05, 4.69) is 16.0 Å². The lowest BCUT2D eigenvalue weighted by molar-refractivity contribution is -0.136. The van der Waals surface area contributed by atoms with Gasteiger partial charge in [0.15, 0.2) is 0 Å². The number of amides is 3. The van der Waals surface area contributed by atoms with Crippen LogP contribution in [0.3, 0.4) is 0 Å². The Labute approximate surface area is 145 Å². The SMILES string of the molecule is CC(C)C(NC(=O)OCc1ccccc1)C(=O)NC1CNC(=O)C1=O. The van der Waals surface area contributed by atoms with Crippen molar-refractivity contribution in [3.8, 4) is 0 Å². The van der Waals surface area contributed by atoms with Gasteiger partial charge in [-0.2, -0.15) is 0 Å². The molecule has 2 rings (SSSR count). The molecule has 134 valence electrons. The summed E-state index contributed by atoms with van der Waals surface area (Å²) < 4.78 is 5.10. The van der Waals surface area contributed by atoms with Crippen LogP contribution in [0.4, 0.5) is 4.79 Å². The van der Waals surface area contributed by atoms with Crippen molar-refractivity contribution in [2.24, 2.45) is 5.92 Å². The summed E-state index contributed by atoms with van der Waals surface area (Å²) in [4.78, 5) is 47.0. The molecule has 0 bridgehead atoms. The van der Waals surface area contributed by atoms with Crippen molar-refractivity contribution in [2.75, 3.05) is 6.54 Å². The summed E-state index contributed by atoms with van der Waals surface area (Å²) in [5.41, 5.74) is 0.823. The average Bonchev–Trinajstić information content (AvgIpc) is 2.90. The molecule has 3 amide bonds. The number of hydrogen-bond acceptors (Lipinski definition) is 5. The number of alkyl carbamates (subject to hydrolysis) is 1. The smallest absolute Gasteiger partial charge is 0.408 e. The molecule has 1 aliphatic heterocycles. The van der Waals surface area contributed by atoms with E-state index in [-0.39, 0.29) is 19.1 Å². The Kier molecular flexibility index (Phi) is 6.10. The van der Waals surface area contributed by atoms with Gasteiger partial charge in [-0.15, -0.1) is 0 Å². The molecule has 0 aromatic heterocycles. The number of nitrogens with one attached hydrogen (secondary N) is 3. The lowest BCUT2D eigenvalue weighted by Crippen LogP contribution is -2.53. The fraction of sp³-hybridized carbons (Fsp3) is 0.412. The highest BCUT2D eigenvalue weighted by Gasteiger charge is 2.35. The van der Waals surface area contributed by atoms with Gasteiger partial charge in [0, 0.05) is 6.54 Å². The van der Waals surface area contributed by atoms with Crippen molar-refractivity contribution >= 4 is 23.7 Å². The van der Waals surface area contributed by atoms with E-state index in [1.54, 1.807) is 13.8 Å². The largest absolute Gasteiger partial charge is 0.445 e. The Morgan fingerprint density at radius 2 is 1.92 bits per heavy atom. The van der Waals surface area contributed by atoms with E-state index >= 15 is 0 Å². The molecule has 2 atom stereocenters. The number of ether oxygens (including phenoxy) is 1. The summed E-state index contributed by atoms with van der Waals surface area (Å²) in [6.45, 7) is 3.63. The van der Waals surface area contributed by atoms with E-state index in [1.165, 1.54) is 0 Å². The van der Waals surface area contributed by atoms with Gasteiger partial charge in [0.2, 0.25) is 11.7 Å². The second-order valence-corrected chi connectivity index (χ2v) is 6.06. The van der Waals surface area contributed by atoms with Gasteiger partial charge in [-0.05, 0) is 11.5 Å². The molecule has 0 radical (unpaired) electrons. The Bertz CT molecular complexity index is 660. The molecule has 1 heterocycles. The third kappa shape index (κ3) is 5.03. The summed E-state index contributed by atoms with van der Waals surface area (Å²) in [6.07, 6.45) is -0.732. The van der Waals surface area contributed by atoms with Gasteiger partial charge in [-0.1, -0.05) is 44.2 Å². The van der Waals surface area contributed by atoms with Gasteiger partial charge in [-0.3, -0.25) is 14.4 Å². The fourth-order valence-electron chi connectivity index (χ4n) is 2.34. The monoisotopic (exact) mass is 347 g/mol. The molecule has 0 saturated carbocycles. The second-order valence-electron chi connectivity index (χ2n) is 6.06. The Hall–Kier alpha value is -2.90. The molecule has 8 nitrogen and oxygen atoms in total. The lowest BCUT2D eigenvalue weighted by atomic mass is 10.0. The zero-order chi connectivity index (χ0) is 18.4. The van der Waals surface area contributed by atoms with Gasteiger partial charge >= 0.3 is 6.09 Å². The number of rotatable bonds is 6. The van der Waals surface area contributed by atoms with Crippen molar-refractivity contribution in [3.05, 3.63) is 35.9 Å². The van der Waals surface area contributed by atoms with E-state index in [0.29, 0.717) is 0 Å². The number of carbonyl (C=O) groups is 4. The first-order chi connectivity index (χ1) is 11.9. The topological polar surface area (TPSA) is 114 Å². The lowest BCUT2D eigenvalue weighted by Gasteiger charge is -2.22. The van der Waals surface area contributed by atoms with Gasteiger partial charge in [0.1, 0.15) is 18.7 Å². The third-order valence-electron chi connectivity index (χ3n) is 3.76. The van der Waals surface area contributed by atoms with Crippen LogP contribution in [0.1, 0.15) is 19.4 Å². The zero-order valence-electron chi connectivity index (χ0n) is 14.1. The minimum atomic E-state index is -0.914. The predicted octanol–water partition coefficient (Wildman–Crippen LogP) is 0.121. The summed E-state index contributed by atoms with van der Waals surface area (Å²) in [5, 5.41) is 7.33. The molecule has 25 heavy (non-hydrogen) atoms. The predicted molar refractivity (Wildman–Crippen MR) is 88.3 cm³/mol. The molecule has 1 saturated heterocycles. The number of hydrogen-bond donors (Lipinski definition) is 3. The molecule has 1 fully saturated rings. The maximum Gasteiger partial charge on any atom is 0.408 e. The molecular weight excluding hydrogens is 326 g/mol. The highest BCUT2D eigenvalue weighted by molar-refractivity contribution is 6.40. The minimum Gasteiger partial charge on any atom is -0.445 e. The van der Waals surface area contributed by atoms with E-state index in [9.17, 15) is 19.2 Å². The molecular formula is C17H21N3O5. The van der Waals surface area contributed by atoms with E-state index < -0.39 is 35.8 Å². The third-order valence-corrected chi connectivity index (χ3v) is 3.76. The van der Waals surface area contributed by atoms with Crippen LogP contribution in [0.15, 0.2) is 30.3 Å². The van der Waals surface area contributed by atoms with Crippen LogP contribution in [0.2, 0.25) is 0 Å². The molecule has 8 heteroatoms. The molecule has 1 aromatic carbocycles. The standard InChI is InChI=1S/C17H21N3O5/c1-10(2)13(15(22)19-12-8-18-16(23)14(12)21)20-17(24)25-9-11-6-4-3-5-7-11/h3-7,10,12-13H,8-9H2,1-2H3,(H,18,23)(H,19,22)(H,20,24). The second kappa shape index (κ2) is 8.27. The van der Waals surface area contributed by atoms with Crippen LogP contribution >= 0.6 is 0 Å². The summed E-state index contributed by atoms with van der Waals surface area (Å²) in [5.74, 6) is -2.19. The van der Waals surface area contributed by atoms with Gasteiger partial charge in [0.05, 0.1) is 0 Å². The highest BCUT2D eigenvalue weighted by Crippen LogP contribution is 2.06. The first-order valence-corrected chi connectivity index (χ1v) is 7.98. The van der Waals surface area contributed by atoms with E-state index in [1.807, 2.05) is 30.3 Å². The first-order valence-electron chi connectivity index (χ1n) is 7.98. The molecule has 0 aliphatic carbocycles. The Balaban J connectivity index is 1.88. The van der Waals surface area contributed by atoms with Crippen LogP contribution in [0.25, 0.3) is 0 Å². The van der Waals surface area contributed by atoms with Crippen molar-refractivity contribution in [3.63, 3.8) is 0 Å². The van der Waals surface area contributed by atoms with Crippen LogP contribution in [-0.2, 0) is 25.7 Å². The van der Waals surface area contributed by atoms with E-state index in [0.717, 1.165) is 5.56 Å². The maximum absolute atomic E-state index is 12.3. The average molecular weight is 347 g/mol. The number of carbonyl (C=O) groups excluding carboxylic acids is 4. The Morgan fingerprint density at radius 3 is 2.48 bits per heavy atom. The number of benzene rings is 1. The van der Waals surface area contributed by atoms with E-state index in [4.69, 9.17) is 4.74 Å². The molecule has 2 unspecified atom stereocenters. The first kappa shape index (κ1) is 18.4. The van der Waals surface area contributed by atoms with Crippen molar-refractivity contribution < 1.29 is 23.9 Å². The highest BCUT2D eigenvalue weighted by atomic mass is 16.5. The molecule has 0 spiro atoms. The number of ketones is 1. The van der Waals surface area contributed by atoms with Crippen LogP contribution in [0, 0.1) is 5.92 Å².